The summed E-state index contributed by atoms with van der Waals surface area (Å²) in [6, 6.07) is 5.65. The molecule has 3 heterocycles. The third-order valence-electron chi connectivity index (χ3n) is 7.20. The van der Waals surface area contributed by atoms with Crippen LogP contribution in [0.2, 0.25) is 0 Å². The monoisotopic (exact) mass is 473 g/mol. The lowest BCUT2D eigenvalue weighted by Crippen LogP contribution is -2.47. The number of aliphatic hydroxyl groups excluding tert-OH is 1. The highest BCUT2D eigenvalue weighted by Gasteiger charge is 2.35. The molecule has 2 radical (unpaired) electrons. The molecule has 3 atom stereocenters. The van der Waals surface area contributed by atoms with Crippen molar-refractivity contribution in [2.45, 2.75) is 50.4 Å². The molecule has 0 spiro atoms. The molecule has 182 valence electrons. The largest absolute Gasteiger partial charge is 0.416 e. The van der Waals surface area contributed by atoms with Crippen LogP contribution in [0.5, 0.6) is 0 Å². The van der Waals surface area contributed by atoms with Crippen molar-refractivity contribution < 1.29 is 18.3 Å². The van der Waals surface area contributed by atoms with E-state index in [1.54, 1.807) is 12.1 Å². The van der Waals surface area contributed by atoms with E-state index in [2.05, 4.69) is 38.6 Å². The van der Waals surface area contributed by atoms with Gasteiger partial charge in [0, 0.05) is 50.2 Å². The van der Waals surface area contributed by atoms with Gasteiger partial charge in [-0.25, -0.2) is 9.97 Å². The number of fused-ring (bicyclic) bond motifs is 1. The van der Waals surface area contributed by atoms with Gasteiger partial charge in [-0.3, -0.25) is 4.90 Å². The van der Waals surface area contributed by atoms with E-state index in [1.165, 1.54) is 18.5 Å². The molecule has 0 amide bonds. The fraction of sp³-hybridized carbons (Fsp3) is 0.520. The summed E-state index contributed by atoms with van der Waals surface area (Å²) in [5, 5.41) is 13.8. The molecule has 34 heavy (non-hydrogen) atoms. The Balaban J connectivity index is 1.28. The quantitative estimate of drug-likeness (QED) is 0.691. The van der Waals surface area contributed by atoms with Crippen molar-refractivity contribution in [2.75, 3.05) is 37.6 Å². The third kappa shape index (κ3) is 4.65. The van der Waals surface area contributed by atoms with Gasteiger partial charge in [-0.05, 0) is 49.4 Å². The highest BCUT2D eigenvalue weighted by molar-refractivity contribution is 5.53. The summed E-state index contributed by atoms with van der Waals surface area (Å²) < 4.78 is 39.1. The summed E-state index contributed by atoms with van der Waals surface area (Å²) in [5.41, 5.74) is 2.00. The van der Waals surface area contributed by atoms with Gasteiger partial charge in [-0.1, -0.05) is 19.1 Å². The highest BCUT2D eigenvalue weighted by Crippen LogP contribution is 2.43. The van der Waals surface area contributed by atoms with Crippen LogP contribution in [0.15, 0.2) is 30.6 Å². The molecule has 2 aromatic rings. The molecule has 2 N–H and O–H groups in total. The van der Waals surface area contributed by atoms with Gasteiger partial charge < -0.3 is 15.3 Å². The van der Waals surface area contributed by atoms with Crippen LogP contribution in [0.3, 0.4) is 0 Å². The van der Waals surface area contributed by atoms with Crippen LogP contribution >= 0.6 is 0 Å². The van der Waals surface area contributed by atoms with Gasteiger partial charge >= 0.3 is 6.18 Å². The summed E-state index contributed by atoms with van der Waals surface area (Å²) in [5.74, 6) is 2.18. The van der Waals surface area contributed by atoms with Gasteiger partial charge in [0.2, 0.25) is 0 Å². The van der Waals surface area contributed by atoms with Crippen LogP contribution in [-0.2, 0) is 6.18 Å². The van der Waals surface area contributed by atoms with E-state index >= 15 is 0 Å². The second kappa shape index (κ2) is 9.43. The summed E-state index contributed by atoms with van der Waals surface area (Å²) in [4.78, 5) is 13.4. The lowest BCUT2D eigenvalue weighted by molar-refractivity contribution is -0.137. The molecular formula is C25H30F3N5O. The van der Waals surface area contributed by atoms with E-state index in [-0.39, 0.29) is 12.0 Å². The summed E-state index contributed by atoms with van der Waals surface area (Å²) in [7, 11) is 0. The van der Waals surface area contributed by atoms with Gasteiger partial charge in [0.15, 0.2) is 0 Å². The van der Waals surface area contributed by atoms with Crippen LogP contribution in [0.4, 0.5) is 19.0 Å². The van der Waals surface area contributed by atoms with Crippen molar-refractivity contribution in [3.8, 4) is 0 Å². The van der Waals surface area contributed by atoms with Gasteiger partial charge in [0.1, 0.15) is 12.1 Å². The van der Waals surface area contributed by atoms with E-state index in [0.717, 1.165) is 74.1 Å². The van der Waals surface area contributed by atoms with E-state index in [9.17, 15) is 18.3 Å². The molecule has 5 rings (SSSR count). The number of halogens is 3. The number of rotatable bonds is 5. The molecule has 0 saturated carbocycles. The fourth-order valence-electron chi connectivity index (χ4n) is 5.38. The van der Waals surface area contributed by atoms with E-state index in [1.807, 2.05) is 0 Å². The Morgan fingerprint density at radius 1 is 1.12 bits per heavy atom. The standard InChI is InChI=1S/C25H30F3N5O/c1-16-13-21(34)23-22(16)24(31-15-30-23)33-11-9-32(10-12-33)14-19(20-3-2-8-29-20)17-4-6-18(7-5-17)25(26,27)28/h4-7,14-16,20-21,29,34H,2-3,8-13H2,1H3/t16-,20+,21-/m1/s1. The first-order valence-electron chi connectivity index (χ1n) is 12.0. The minimum absolute atomic E-state index is 0.141. The molecule has 1 aromatic carbocycles. The number of nitrogens with zero attached hydrogens (tertiary/aromatic N) is 4. The third-order valence-corrected chi connectivity index (χ3v) is 7.20. The lowest BCUT2D eigenvalue weighted by Gasteiger charge is -2.38. The number of aromatic nitrogens is 2. The van der Waals surface area contributed by atoms with Crippen molar-refractivity contribution in [1.82, 2.24) is 20.2 Å². The molecule has 2 fully saturated rings. The van der Waals surface area contributed by atoms with Crippen LogP contribution < -0.4 is 10.2 Å². The van der Waals surface area contributed by atoms with Gasteiger partial charge in [-0.15, -0.1) is 0 Å². The fourth-order valence-corrected chi connectivity index (χ4v) is 5.38. The highest BCUT2D eigenvalue weighted by atomic mass is 19.4. The number of piperazine rings is 1. The molecule has 3 aliphatic rings. The number of alkyl halides is 3. The van der Waals surface area contributed by atoms with Crippen LogP contribution in [0.25, 0.3) is 0 Å². The van der Waals surface area contributed by atoms with Gasteiger partial charge in [0.25, 0.3) is 0 Å². The molecule has 1 aliphatic carbocycles. The average Bonchev–Trinajstić information content (AvgIpc) is 3.46. The molecule has 2 aliphatic heterocycles. The zero-order valence-electron chi connectivity index (χ0n) is 19.2. The van der Waals surface area contributed by atoms with Crippen LogP contribution in [0, 0.1) is 12.5 Å². The SMILES string of the molecule is C[C@@H]1C[C@@H](O)c2ncnc(N3CCN([CH][C](c4ccc(C(F)(F)F)cc4)[C@@H]4CCCN4)CC3)c21. The maximum atomic E-state index is 13.0. The Labute approximate surface area is 198 Å². The maximum absolute atomic E-state index is 13.0. The number of aliphatic hydroxyl groups is 1. The van der Waals surface area contributed by atoms with Crippen LogP contribution in [-0.4, -0.2) is 58.7 Å². The van der Waals surface area contributed by atoms with E-state index in [0.29, 0.717) is 6.42 Å². The summed E-state index contributed by atoms with van der Waals surface area (Å²) in [6.45, 7) is 8.27. The second-order valence-corrected chi connectivity index (χ2v) is 9.48. The van der Waals surface area contributed by atoms with Gasteiger partial charge in [0.05, 0.1) is 17.4 Å². The average molecular weight is 474 g/mol. The van der Waals surface area contributed by atoms with Crippen molar-refractivity contribution >= 4 is 5.82 Å². The van der Waals surface area contributed by atoms with Crippen molar-refractivity contribution in [3.05, 3.63) is 65.4 Å². The Bertz CT molecular complexity index is 985. The second-order valence-electron chi connectivity index (χ2n) is 9.48. The first kappa shape index (κ1) is 23.5. The zero-order chi connectivity index (χ0) is 23.9. The Morgan fingerprint density at radius 2 is 1.85 bits per heavy atom. The van der Waals surface area contributed by atoms with E-state index < -0.39 is 17.8 Å². The smallest absolute Gasteiger partial charge is 0.387 e. The first-order chi connectivity index (χ1) is 16.3. The predicted octanol–water partition coefficient (Wildman–Crippen LogP) is 3.69. The summed E-state index contributed by atoms with van der Waals surface area (Å²) in [6.07, 6.45) is -0.621. The summed E-state index contributed by atoms with van der Waals surface area (Å²) >= 11 is 0. The topological polar surface area (TPSA) is 64.5 Å². The number of anilines is 1. The molecule has 6 nitrogen and oxygen atoms in total. The minimum Gasteiger partial charge on any atom is -0.387 e. The Kier molecular flexibility index (Phi) is 6.52. The first-order valence-corrected chi connectivity index (χ1v) is 12.0. The van der Waals surface area contributed by atoms with Crippen molar-refractivity contribution in [3.63, 3.8) is 0 Å². The molecule has 9 heteroatoms. The molecule has 2 saturated heterocycles. The number of nitrogens with one attached hydrogen (secondary N) is 1. The molecule has 1 aromatic heterocycles. The number of hydrogen-bond donors (Lipinski definition) is 2. The number of benzene rings is 1. The minimum atomic E-state index is -4.33. The van der Waals surface area contributed by atoms with E-state index in [4.69, 9.17) is 0 Å². The van der Waals surface area contributed by atoms with Crippen molar-refractivity contribution in [1.29, 1.82) is 0 Å². The Hall–Kier alpha value is -2.23. The van der Waals surface area contributed by atoms with Gasteiger partial charge in [-0.2, -0.15) is 13.2 Å². The molecule has 0 bridgehead atoms. The lowest BCUT2D eigenvalue weighted by atomic mass is 9.89. The predicted molar refractivity (Wildman–Crippen MR) is 123 cm³/mol. The number of hydrogen-bond acceptors (Lipinski definition) is 6. The Morgan fingerprint density at radius 3 is 2.50 bits per heavy atom. The van der Waals surface area contributed by atoms with Crippen LogP contribution in [0.1, 0.15) is 60.6 Å². The maximum Gasteiger partial charge on any atom is 0.416 e. The molecular weight excluding hydrogens is 443 g/mol. The molecule has 0 unspecified atom stereocenters. The zero-order valence-corrected chi connectivity index (χ0v) is 19.2. The normalized spacial score (nSPS) is 25.8. The van der Waals surface area contributed by atoms with Crippen molar-refractivity contribution in [2.24, 2.45) is 0 Å².